The van der Waals surface area contributed by atoms with Crippen LogP contribution in [0.4, 0.5) is 0 Å². The maximum atomic E-state index is 10.8. The monoisotopic (exact) mass is 186 g/mol. The molecule has 1 N–H and O–H groups in total. The highest BCUT2D eigenvalue weighted by atomic mass is 16.4. The second-order valence-corrected chi connectivity index (χ2v) is 2.71. The molecule has 0 fully saturated rings. The van der Waals surface area contributed by atoms with Crippen molar-refractivity contribution in [3.05, 3.63) is 35.8 Å². The first-order valence-electron chi connectivity index (χ1n) is 3.90. The van der Waals surface area contributed by atoms with Crippen LogP contribution >= 0.6 is 0 Å². The fourth-order valence-electron chi connectivity index (χ4n) is 1.25. The Balaban J connectivity index is 2.81. The van der Waals surface area contributed by atoms with Gasteiger partial charge >= 0.3 is 5.97 Å². The first-order valence-corrected chi connectivity index (χ1v) is 3.90. The Kier molecular flexibility index (Phi) is 1.72. The van der Waals surface area contributed by atoms with Crippen molar-refractivity contribution < 1.29 is 9.90 Å². The maximum Gasteiger partial charge on any atom is 0.352 e. The Morgan fingerprint density at radius 1 is 1.57 bits per heavy atom. The van der Waals surface area contributed by atoms with Gasteiger partial charge in [-0.25, -0.2) is 9.78 Å². The first kappa shape index (κ1) is 8.32. The maximum absolute atomic E-state index is 10.8. The number of terminal acetylenes is 1. The van der Waals surface area contributed by atoms with Crippen molar-refractivity contribution in [2.75, 3.05) is 0 Å². The molecule has 4 nitrogen and oxygen atoms in total. The van der Waals surface area contributed by atoms with Crippen LogP contribution in [0.15, 0.2) is 24.4 Å². The minimum absolute atomic E-state index is 0.150. The van der Waals surface area contributed by atoms with Crippen molar-refractivity contribution in [3.63, 3.8) is 0 Å². The van der Waals surface area contributed by atoms with Crippen molar-refractivity contribution in [2.24, 2.45) is 0 Å². The van der Waals surface area contributed by atoms with Gasteiger partial charge in [0, 0.05) is 6.20 Å². The van der Waals surface area contributed by atoms with Crippen LogP contribution in [0.25, 0.3) is 5.65 Å². The molecule has 0 aliphatic rings. The number of aromatic nitrogens is 2. The summed E-state index contributed by atoms with van der Waals surface area (Å²) in [5, 5.41) is 8.86. The van der Waals surface area contributed by atoms with E-state index >= 15 is 0 Å². The van der Waals surface area contributed by atoms with Crippen LogP contribution in [0.1, 0.15) is 16.2 Å². The van der Waals surface area contributed by atoms with Crippen molar-refractivity contribution in [3.8, 4) is 12.3 Å². The molecular formula is C10H6N2O2. The van der Waals surface area contributed by atoms with Gasteiger partial charge in [-0.3, -0.25) is 4.40 Å². The number of imidazole rings is 1. The van der Waals surface area contributed by atoms with Gasteiger partial charge in [0.1, 0.15) is 17.0 Å². The van der Waals surface area contributed by atoms with E-state index in [1.807, 2.05) is 0 Å². The molecule has 0 aromatic carbocycles. The fraction of sp³-hybridized carbons (Fsp3) is 0. The molecule has 0 unspecified atom stereocenters. The Labute approximate surface area is 79.8 Å². The van der Waals surface area contributed by atoms with E-state index in [0.717, 1.165) is 0 Å². The normalized spacial score (nSPS) is 9.93. The zero-order valence-corrected chi connectivity index (χ0v) is 7.14. The van der Waals surface area contributed by atoms with Crippen LogP contribution in [0, 0.1) is 12.3 Å². The largest absolute Gasteiger partial charge is 0.477 e. The number of fused-ring (bicyclic) bond motifs is 1. The molecule has 14 heavy (non-hydrogen) atoms. The summed E-state index contributed by atoms with van der Waals surface area (Å²) in [5.74, 6) is 1.35. The van der Waals surface area contributed by atoms with E-state index in [9.17, 15) is 4.79 Å². The molecule has 0 spiro atoms. The number of rotatable bonds is 1. The molecule has 0 bridgehead atoms. The van der Waals surface area contributed by atoms with Gasteiger partial charge in [0.25, 0.3) is 0 Å². The summed E-state index contributed by atoms with van der Waals surface area (Å²) in [6, 6.07) is 4.83. The van der Waals surface area contributed by atoms with Gasteiger partial charge < -0.3 is 5.11 Å². The molecule has 0 aliphatic carbocycles. The van der Waals surface area contributed by atoms with Gasteiger partial charge in [0.05, 0.1) is 0 Å². The highest BCUT2D eigenvalue weighted by molar-refractivity contribution is 5.86. The lowest BCUT2D eigenvalue weighted by Crippen LogP contribution is -2.03. The average Bonchev–Trinajstić information content (AvgIpc) is 2.59. The highest BCUT2D eigenvalue weighted by Gasteiger charge is 2.08. The van der Waals surface area contributed by atoms with E-state index in [2.05, 4.69) is 10.9 Å². The second-order valence-electron chi connectivity index (χ2n) is 2.71. The zero-order chi connectivity index (χ0) is 10.1. The van der Waals surface area contributed by atoms with E-state index in [1.165, 1.54) is 16.7 Å². The van der Waals surface area contributed by atoms with Gasteiger partial charge in [-0.2, -0.15) is 0 Å². The predicted octanol–water partition coefficient (Wildman–Crippen LogP) is 1.01. The quantitative estimate of drug-likeness (QED) is 0.676. The molecule has 4 heteroatoms. The number of hydrogen-bond acceptors (Lipinski definition) is 2. The van der Waals surface area contributed by atoms with Crippen LogP contribution < -0.4 is 0 Å². The van der Waals surface area contributed by atoms with Crippen LogP contribution in [0.2, 0.25) is 0 Å². The molecule has 68 valence electrons. The molecule has 0 saturated heterocycles. The highest BCUT2D eigenvalue weighted by Crippen LogP contribution is 2.08. The third-order valence-corrected chi connectivity index (χ3v) is 1.86. The van der Waals surface area contributed by atoms with E-state index < -0.39 is 5.97 Å². The van der Waals surface area contributed by atoms with Gasteiger partial charge in [0.2, 0.25) is 0 Å². The number of nitrogens with zero attached hydrogens (tertiary/aromatic N) is 2. The fourth-order valence-corrected chi connectivity index (χ4v) is 1.25. The summed E-state index contributed by atoms with van der Waals surface area (Å²) in [4.78, 5) is 14.9. The predicted molar refractivity (Wildman–Crippen MR) is 50.1 cm³/mol. The molecule has 2 aromatic rings. The van der Waals surface area contributed by atoms with E-state index in [1.54, 1.807) is 12.1 Å². The molecule has 0 amide bonds. The van der Waals surface area contributed by atoms with Gasteiger partial charge in [-0.05, 0) is 18.1 Å². The molecule has 2 aromatic heterocycles. The van der Waals surface area contributed by atoms with Crippen LogP contribution in [0.5, 0.6) is 0 Å². The SMILES string of the molecule is C#Cc1cn2c(C(=O)O)cccc2n1. The number of carboxylic acid groups (broad SMARTS) is 1. The van der Waals surface area contributed by atoms with E-state index in [4.69, 9.17) is 11.5 Å². The minimum atomic E-state index is -1.00. The topological polar surface area (TPSA) is 54.6 Å². The first-order chi connectivity index (χ1) is 6.72. The molecule has 0 radical (unpaired) electrons. The molecule has 2 rings (SSSR count). The smallest absolute Gasteiger partial charge is 0.352 e. The summed E-state index contributed by atoms with van der Waals surface area (Å²) >= 11 is 0. The summed E-state index contributed by atoms with van der Waals surface area (Å²) < 4.78 is 1.46. The molecule has 0 aliphatic heterocycles. The van der Waals surface area contributed by atoms with Gasteiger partial charge in [-0.1, -0.05) is 6.07 Å². The summed E-state index contributed by atoms with van der Waals surface area (Å²) in [6.45, 7) is 0. The second kappa shape index (κ2) is 2.89. The average molecular weight is 186 g/mol. The molecule has 2 heterocycles. The molecular weight excluding hydrogens is 180 g/mol. The third-order valence-electron chi connectivity index (χ3n) is 1.86. The van der Waals surface area contributed by atoms with Crippen molar-refractivity contribution in [1.29, 1.82) is 0 Å². The lowest BCUT2D eigenvalue weighted by Gasteiger charge is -1.97. The van der Waals surface area contributed by atoms with Crippen molar-refractivity contribution in [1.82, 2.24) is 9.38 Å². The van der Waals surface area contributed by atoms with Crippen molar-refractivity contribution >= 4 is 11.6 Å². The third kappa shape index (κ3) is 1.12. The van der Waals surface area contributed by atoms with Crippen LogP contribution in [-0.2, 0) is 0 Å². The minimum Gasteiger partial charge on any atom is -0.477 e. The van der Waals surface area contributed by atoms with Crippen LogP contribution in [0.3, 0.4) is 0 Å². The lowest BCUT2D eigenvalue weighted by molar-refractivity contribution is 0.0689. The van der Waals surface area contributed by atoms with E-state index in [0.29, 0.717) is 11.3 Å². The van der Waals surface area contributed by atoms with E-state index in [-0.39, 0.29) is 5.69 Å². The molecule has 0 saturated carbocycles. The Morgan fingerprint density at radius 3 is 3.00 bits per heavy atom. The standard InChI is InChI=1S/C10H6N2O2/c1-2-7-6-12-8(10(13)14)4-3-5-9(12)11-7/h1,3-6H,(H,13,14). The summed E-state index contributed by atoms with van der Waals surface area (Å²) in [7, 11) is 0. The zero-order valence-electron chi connectivity index (χ0n) is 7.14. The summed E-state index contributed by atoms with van der Waals surface area (Å²) in [5.41, 5.74) is 1.12. The van der Waals surface area contributed by atoms with Crippen molar-refractivity contribution in [2.45, 2.75) is 0 Å². The summed E-state index contributed by atoms with van der Waals surface area (Å²) in [6.07, 6.45) is 6.69. The number of pyridine rings is 1. The van der Waals surface area contributed by atoms with Gasteiger partial charge in [0.15, 0.2) is 0 Å². The van der Waals surface area contributed by atoms with Crippen LogP contribution in [-0.4, -0.2) is 20.5 Å². The number of carboxylic acids is 1. The number of carbonyl (C=O) groups is 1. The Morgan fingerprint density at radius 2 is 2.36 bits per heavy atom. The lowest BCUT2D eigenvalue weighted by atomic mass is 10.3. The Bertz CT molecular complexity index is 549. The number of hydrogen-bond donors (Lipinski definition) is 1. The Hall–Kier alpha value is -2.28. The molecule has 0 atom stereocenters. The number of aromatic carboxylic acids is 1. The van der Waals surface area contributed by atoms with Gasteiger partial charge in [-0.15, -0.1) is 6.42 Å².